The van der Waals surface area contributed by atoms with Gasteiger partial charge in [-0.15, -0.1) is 0 Å². The van der Waals surface area contributed by atoms with Gasteiger partial charge in [0.15, 0.2) is 9.84 Å². The maximum atomic E-state index is 13.6. The number of sulfone groups is 1. The summed E-state index contributed by atoms with van der Waals surface area (Å²) in [5, 5.41) is 0.539. The van der Waals surface area contributed by atoms with Crippen molar-refractivity contribution in [2.45, 2.75) is 29.5 Å². The molecule has 0 atom stereocenters. The Morgan fingerprint density at radius 1 is 1.03 bits per heavy atom. The van der Waals surface area contributed by atoms with E-state index in [1.54, 1.807) is 48.7 Å². The molecular weight excluding hydrogens is 436 g/mol. The van der Waals surface area contributed by atoms with Crippen LogP contribution in [0.4, 0.5) is 11.5 Å². The molecule has 0 spiro atoms. The Labute approximate surface area is 191 Å². The first kappa shape index (κ1) is 21.1. The zero-order chi connectivity index (χ0) is 23.0. The van der Waals surface area contributed by atoms with Gasteiger partial charge in [0.2, 0.25) is 0 Å². The molecule has 2 heterocycles. The highest BCUT2D eigenvalue weighted by atomic mass is 32.2. The van der Waals surface area contributed by atoms with Gasteiger partial charge in [0.25, 0.3) is 5.91 Å². The van der Waals surface area contributed by atoms with Crippen LogP contribution in [0, 0.1) is 0 Å². The zero-order valence-corrected chi connectivity index (χ0v) is 18.6. The Morgan fingerprint density at radius 3 is 2.58 bits per heavy atom. The maximum Gasteiger partial charge on any atom is 0.260 e. The predicted octanol–water partition coefficient (Wildman–Crippen LogP) is 4.00. The van der Waals surface area contributed by atoms with Gasteiger partial charge in [-0.3, -0.25) is 9.78 Å². The van der Waals surface area contributed by atoms with Crippen LogP contribution in [0.25, 0.3) is 10.9 Å². The van der Waals surface area contributed by atoms with Crippen molar-refractivity contribution in [3.63, 3.8) is 0 Å². The van der Waals surface area contributed by atoms with Gasteiger partial charge < -0.3 is 10.6 Å². The fourth-order valence-corrected chi connectivity index (χ4v) is 5.70. The molecule has 0 aliphatic heterocycles. The summed E-state index contributed by atoms with van der Waals surface area (Å²) in [5.41, 5.74) is 8.09. The topological polar surface area (TPSA) is 106 Å². The lowest BCUT2D eigenvalue weighted by atomic mass is 10.1. The molecule has 2 aromatic carbocycles. The third-order valence-corrected chi connectivity index (χ3v) is 8.01. The second kappa shape index (κ2) is 8.29. The molecule has 0 unspecified atom stereocenters. The number of pyridine rings is 2. The molecule has 0 bridgehead atoms. The molecule has 2 aromatic heterocycles. The number of anilines is 2. The van der Waals surface area contributed by atoms with Crippen molar-refractivity contribution in [2.24, 2.45) is 0 Å². The lowest BCUT2D eigenvalue weighted by molar-refractivity contribution is 0.0984. The summed E-state index contributed by atoms with van der Waals surface area (Å²) in [5.74, 6) is 0.0750. The smallest absolute Gasteiger partial charge is 0.260 e. The van der Waals surface area contributed by atoms with E-state index in [9.17, 15) is 13.2 Å². The third kappa shape index (κ3) is 4.17. The average Bonchev–Trinajstić information content (AvgIpc) is 3.69. The first-order valence-corrected chi connectivity index (χ1v) is 12.2. The third-order valence-electron chi connectivity index (χ3n) is 5.70. The Bertz CT molecular complexity index is 1450. The number of hydrogen-bond acceptors (Lipinski definition) is 6. The first-order valence-electron chi connectivity index (χ1n) is 10.6. The normalized spacial score (nSPS) is 13.7. The van der Waals surface area contributed by atoms with Crippen molar-refractivity contribution in [3.05, 3.63) is 90.3 Å². The number of nitrogens with zero attached hydrogens (tertiary/aromatic N) is 3. The van der Waals surface area contributed by atoms with E-state index in [1.165, 1.54) is 11.1 Å². The van der Waals surface area contributed by atoms with E-state index in [4.69, 9.17) is 5.73 Å². The van der Waals surface area contributed by atoms with Crippen LogP contribution < -0.4 is 10.6 Å². The van der Waals surface area contributed by atoms with Crippen molar-refractivity contribution in [1.82, 2.24) is 9.97 Å². The highest BCUT2D eigenvalue weighted by Gasteiger charge is 2.39. The Kier molecular flexibility index (Phi) is 5.30. The summed E-state index contributed by atoms with van der Waals surface area (Å²) in [6.07, 6.45) is 4.36. The van der Waals surface area contributed by atoms with Gasteiger partial charge in [-0.05, 0) is 60.9 Å². The number of rotatable bonds is 6. The summed E-state index contributed by atoms with van der Waals surface area (Å²) in [4.78, 5) is 23.7. The largest absolute Gasteiger partial charge is 0.384 e. The summed E-state index contributed by atoms with van der Waals surface area (Å²) >= 11 is 0. The number of fused-ring (bicyclic) bond motifs is 1. The SMILES string of the molecule is Nc1ccc2ccc(CN(C(=O)c3cccnc3)c3ccccc3S(=O)(=O)C3CC3)cc2n1. The minimum Gasteiger partial charge on any atom is -0.384 e. The van der Waals surface area contributed by atoms with Gasteiger partial charge in [-0.25, -0.2) is 13.4 Å². The highest BCUT2D eigenvalue weighted by molar-refractivity contribution is 7.92. The molecule has 1 aliphatic carbocycles. The summed E-state index contributed by atoms with van der Waals surface area (Å²) in [6, 6.07) is 19.4. The number of benzene rings is 2. The molecule has 1 fully saturated rings. The molecule has 1 amide bonds. The maximum absolute atomic E-state index is 13.6. The van der Waals surface area contributed by atoms with Crippen molar-refractivity contribution in [1.29, 1.82) is 0 Å². The van der Waals surface area contributed by atoms with Gasteiger partial charge in [0, 0.05) is 17.8 Å². The Balaban J connectivity index is 1.62. The predicted molar refractivity (Wildman–Crippen MR) is 128 cm³/mol. The van der Waals surface area contributed by atoms with E-state index in [0.717, 1.165) is 10.9 Å². The Hall–Kier alpha value is -3.78. The summed E-state index contributed by atoms with van der Waals surface area (Å²) < 4.78 is 26.3. The van der Waals surface area contributed by atoms with Crippen LogP contribution in [-0.2, 0) is 16.4 Å². The average molecular weight is 459 g/mol. The van der Waals surface area contributed by atoms with Crippen LogP contribution in [-0.4, -0.2) is 29.5 Å². The molecule has 7 nitrogen and oxygen atoms in total. The van der Waals surface area contributed by atoms with Gasteiger partial charge in [0.1, 0.15) is 5.82 Å². The van der Waals surface area contributed by atoms with Crippen LogP contribution in [0.5, 0.6) is 0 Å². The molecule has 166 valence electrons. The standard InChI is InChI=1S/C25H22N4O3S/c26-24-12-9-18-8-7-17(14-21(18)28-24)16-29(25(30)19-4-3-13-27-15-19)22-5-1-2-6-23(22)33(31,32)20-10-11-20/h1-9,12-15,20H,10-11,16H2,(H2,26,28). The zero-order valence-electron chi connectivity index (χ0n) is 17.8. The fraction of sp³-hybridized carbons (Fsp3) is 0.160. The number of carbonyl (C=O) groups excluding carboxylic acids is 1. The van der Waals surface area contributed by atoms with E-state index >= 15 is 0 Å². The van der Waals surface area contributed by atoms with Crippen LogP contribution in [0.2, 0.25) is 0 Å². The van der Waals surface area contributed by atoms with Crippen LogP contribution in [0.1, 0.15) is 28.8 Å². The number of nitrogens with two attached hydrogens (primary N) is 1. The van der Waals surface area contributed by atoms with Crippen molar-refractivity contribution in [3.8, 4) is 0 Å². The van der Waals surface area contributed by atoms with Crippen molar-refractivity contribution < 1.29 is 13.2 Å². The Morgan fingerprint density at radius 2 is 1.82 bits per heavy atom. The molecule has 33 heavy (non-hydrogen) atoms. The van der Waals surface area contributed by atoms with E-state index < -0.39 is 9.84 Å². The fourth-order valence-electron chi connectivity index (χ4n) is 3.85. The van der Waals surface area contributed by atoms with E-state index in [1.807, 2.05) is 24.3 Å². The molecule has 8 heteroatoms. The summed E-state index contributed by atoms with van der Waals surface area (Å²) in [7, 11) is -3.53. The number of aromatic nitrogens is 2. The monoisotopic (exact) mass is 458 g/mol. The molecule has 5 rings (SSSR count). The van der Waals surface area contributed by atoms with Crippen molar-refractivity contribution >= 4 is 38.2 Å². The first-order chi connectivity index (χ1) is 15.9. The van der Waals surface area contributed by atoms with Crippen LogP contribution in [0.15, 0.2) is 84.0 Å². The van der Waals surface area contributed by atoms with E-state index in [2.05, 4.69) is 9.97 Å². The number of nitrogen functional groups attached to an aromatic ring is 1. The molecule has 2 N–H and O–H groups in total. The van der Waals surface area contributed by atoms with Gasteiger partial charge in [-0.2, -0.15) is 0 Å². The quantitative estimate of drug-likeness (QED) is 0.468. The van der Waals surface area contributed by atoms with E-state index in [0.29, 0.717) is 35.4 Å². The molecule has 1 saturated carbocycles. The van der Waals surface area contributed by atoms with Gasteiger partial charge >= 0.3 is 0 Å². The lowest BCUT2D eigenvalue weighted by Gasteiger charge is -2.25. The second-order valence-electron chi connectivity index (χ2n) is 8.11. The number of hydrogen-bond donors (Lipinski definition) is 1. The molecule has 0 saturated heterocycles. The molecular formula is C25H22N4O3S. The minimum atomic E-state index is -3.53. The highest BCUT2D eigenvalue weighted by Crippen LogP contribution is 2.38. The van der Waals surface area contributed by atoms with E-state index in [-0.39, 0.29) is 22.6 Å². The van der Waals surface area contributed by atoms with Gasteiger partial charge in [0.05, 0.1) is 33.5 Å². The molecule has 4 aromatic rings. The lowest BCUT2D eigenvalue weighted by Crippen LogP contribution is -2.32. The number of carbonyl (C=O) groups is 1. The minimum absolute atomic E-state index is 0.164. The van der Waals surface area contributed by atoms with Crippen LogP contribution in [0.3, 0.4) is 0 Å². The van der Waals surface area contributed by atoms with Crippen LogP contribution >= 0.6 is 0 Å². The summed E-state index contributed by atoms with van der Waals surface area (Å²) in [6.45, 7) is 0.164. The molecule has 0 radical (unpaired) electrons. The molecule has 1 aliphatic rings. The number of para-hydroxylation sites is 1. The number of amides is 1. The van der Waals surface area contributed by atoms with Gasteiger partial charge in [-0.1, -0.05) is 24.3 Å². The second-order valence-corrected chi connectivity index (χ2v) is 10.3. The van der Waals surface area contributed by atoms with Crippen molar-refractivity contribution in [2.75, 3.05) is 10.6 Å².